The fourth-order valence-corrected chi connectivity index (χ4v) is 1.89. The van der Waals surface area contributed by atoms with E-state index in [0.717, 1.165) is 0 Å². The van der Waals surface area contributed by atoms with E-state index in [0.29, 0.717) is 5.76 Å². The second-order valence-electron chi connectivity index (χ2n) is 6.43. The maximum Gasteiger partial charge on any atom is 0.274 e. The fraction of sp³-hybridized carbons (Fsp3) is 0.600. The van der Waals surface area contributed by atoms with Gasteiger partial charge in [-0.25, -0.2) is 0 Å². The average Bonchev–Trinajstić information content (AvgIpc) is 2.88. The molecule has 1 rings (SSSR count). The lowest BCUT2D eigenvalue weighted by Crippen LogP contribution is -2.51. The van der Waals surface area contributed by atoms with E-state index in [9.17, 15) is 14.4 Å². The number of nitrogens with one attached hydrogen (secondary N) is 3. The zero-order chi connectivity index (χ0) is 18.3. The summed E-state index contributed by atoms with van der Waals surface area (Å²) in [5.41, 5.74) is 4.95. The Kier molecular flexibility index (Phi) is 6.90. The zero-order valence-corrected chi connectivity index (χ0v) is 14.4. The standard InChI is InChI=1S/C15H25N5O4/c1-9-7-11(20-24-9)14(23)18-10(13(22)17-6-5-16)8-12(21)19-15(2,3)4/h7,10H,5-6,8,16H2,1-4H3,(H,17,22)(H,18,23)(H,19,21)/t10-/m0/s1. The highest BCUT2D eigenvalue weighted by Crippen LogP contribution is 2.05. The Morgan fingerprint density at radius 2 is 2.00 bits per heavy atom. The average molecular weight is 339 g/mol. The molecule has 0 aromatic carbocycles. The second kappa shape index (κ2) is 8.44. The van der Waals surface area contributed by atoms with Crippen LogP contribution < -0.4 is 21.7 Å². The molecule has 1 aromatic heterocycles. The maximum absolute atomic E-state index is 12.2. The third-order valence-corrected chi connectivity index (χ3v) is 2.83. The van der Waals surface area contributed by atoms with Gasteiger partial charge in [-0.1, -0.05) is 5.16 Å². The number of hydrogen-bond donors (Lipinski definition) is 4. The van der Waals surface area contributed by atoms with Gasteiger partial charge >= 0.3 is 0 Å². The minimum atomic E-state index is -1.04. The number of carbonyl (C=O) groups is 3. The van der Waals surface area contributed by atoms with Crippen molar-refractivity contribution in [2.75, 3.05) is 13.1 Å². The molecule has 0 radical (unpaired) electrons. The molecule has 0 saturated heterocycles. The van der Waals surface area contributed by atoms with Crippen LogP contribution in [-0.4, -0.2) is 47.5 Å². The minimum Gasteiger partial charge on any atom is -0.361 e. The molecule has 0 bridgehead atoms. The van der Waals surface area contributed by atoms with Crippen LogP contribution >= 0.6 is 0 Å². The van der Waals surface area contributed by atoms with Crippen LogP contribution in [-0.2, 0) is 9.59 Å². The van der Waals surface area contributed by atoms with Gasteiger partial charge in [0.2, 0.25) is 11.8 Å². The summed E-state index contributed by atoms with van der Waals surface area (Å²) in [4.78, 5) is 36.4. The summed E-state index contributed by atoms with van der Waals surface area (Å²) in [5.74, 6) is -0.969. The molecule has 0 fully saturated rings. The molecule has 1 heterocycles. The quantitative estimate of drug-likeness (QED) is 0.526. The number of aryl methyl sites for hydroxylation is 1. The Morgan fingerprint density at radius 3 is 2.50 bits per heavy atom. The van der Waals surface area contributed by atoms with Crippen LogP contribution in [0.15, 0.2) is 10.6 Å². The number of hydrogen-bond acceptors (Lipinski definition) is 6. The molecule has 0 aliphatic heterocycles. The van der Waals surface area contributed by atoms with E-state index < -0.39 is 23.4 Å². The maximum atomic E-state index is 12.2. The van der Waals surface area contributed by atoms with Crippen LogP contribution in [0.2, 0.25) is 0 Å². The number of carbonyl (C=O) groups excluding carboxylic acids is 3. The Morgan fingerprint density at radius 1 is 1.33 bits per heavy atom. The third kappa shape index (κ3) is 6.78. The molecule has 9 nitrogen and oxygen atoms in total. The van der Waals surface area contributed by atoms with Gasteiger partial charge in [0.05, 0.1) is 6.42 Å². The molecule has 3 amide bonds. The molecule has 24 heavy (non-hydrogen) atoms. The van der Waals surface area contributed by atoms with Gasteiger partial charge in [-0.3, -0.25) is 14.4 Å². The van der Waals surface area contributed by atoms with E-state index in [1.54, 1.807) is 6.92 Å². The van der Waals surface area contributed by atoms with Crippen LogP contribution in [0.4, 0.5) is 0 Å². The Bertz CT molecular complexity index is 591. The van der Waals surface area contributed by atoms with Crippen molar-refractivity contribution >= 4 is 17.7 Å². The lowest BCUT2D eigenvalue weighted by molar-refractivity contribution is -0.128. The minimum absolute atomic E-state index is 0.0420. The Labute approximate surface area is 140 Å². The van der Waals surface area contributed by atoms with Gasteiger partial charge in [0.1, 0.15) is 11.8 Å². The first-order valence-corrected chi connectivity index (χ1v) is 7.65. The summed E-state index contributed by atoms with van der Waals surface area (Å²) in [6, 6.07) is 0.405. The summed E-state index contributed by atoms with van der Waals surface area (Å²) >= 11 is 0. The molecule has 1 aromatic rings. The van der Waals surface area contributed by atoms with Crippen molar-refractivity contribution in [2.24, 2.45) is 5.73 Å². The molecular formula is C15H25N5O4. The zero-order valence-electron chi connectivity index (χ0n) is 14.4. The molecule has 0 spiro atoms. The molecule has 0 saturated carbocycles. The van der Waals surface area contributed by atoms with Gasteiger partial charge < -0.3 is 26.2 Å². The summed E-state index contributed by atoms with van der Waals surface area (Å²) in [7, 11) is 0. The van der Waals surface area contributed by atoms with Crippen LogP contribution in [0.3, 0.4) is 0 Å². The number of nitrogens with two attached hydrogens (primary N) is 1. The van der Waals surface area contributed by atoms with Crippen molar-refractivity contribution < 1.29 is 18.9 Å². The predicted octanol–water partition coefficient (Wildman–Crippen LogP) is -0.539. The van der Waals surface area contributed by atoms with E-state index in [1.807, 2.05) is 20.8 Å². The van der Waals surface area contributed by atoms with Crippen molar-refractivity contribution in [2.45, 2.75) is 45.7 Å². The fourth-order valence-electron chi connectivity index (χ4n) is 1.89. The van der Waals surface area contributed by atoms with Gasteiger partial charge in [0.15, 0.2) is 5.69 Å². The molecule has 134 valence electrons. The lowest BCUT2D eigenvalue weighted by atomic mass is 10.1. The largest absolute Gasteiger partial charge is 0.361 e. The van der Waals surface area contributed by atoms with Gasteiger partial charge in [0, 0.05) is 24.7 Å². The van der Waals surface area contributed by atoms with E-state index >= 15 is 0 Å². The predicted molar refractivity (Wildman–Crippen MR) is 87.1 cm³/mol. The topological polar surface area (TPSA) is 139 Å². The smallest absolute Gasteiger partial charge is 0.274 e. The first-order chi connectivity index (χ1) is 11.1. The first-order valence-electron chi connectivity index (χ1n) is 7.65. The second-order valence-corrected chi connectivity index (χ2v) is 6.43. The van der Waals surface area contributed by atoms with Crippen LogP contribution in [0.1, 0.15) is 43.4 Å². The van der Waals surface area contributed by atoms with Gasteiger partial charge in [-0.05, 0) is 27.7 Å². The van der Waals surface area contributed by atoms with E-state index in [-0.39, 0.29) is 31.1 Å². The van der Waals surface area contributed by atoms with E-state index in [1.165, 1.54) is 6.07 Å². The molecule has 0 aliphatic carbocycles. The first kappa shape index (κ1) is 19.6. The molecular weight excluding hydrogens is 314 g/mol. The molecule has 9 heteroatoms. The molecule has 0 unspecified atom stereocenters. The third-order valence-electron chi connectivity index (χ3n) is 2.83. The molecule has 5 N–H and O–H groups in total. The van der Waals surface area contributed by atoms with Gasteiger partial charge in [-0.2, -0.15) is 0 Å². The van der Waals surface area contributed by atoms with Crippen molar-refractivity contribution in [3.63, 3.8) is 0 Å². The number of aromatic nitrogens is 1. The highest BCUT2D eigenvalue weighted by Gasteiger charge is 2.26. The van der Waals surface area contributed by atoms with E-state index in [4.69, 9.17) is 10.3 Å². The molecule has 0 aliphatic rings. The van der Waals surface area contributed by atoms with Crippen molar-refractivity contribution in [3.05, 3.63) is 17.5 Å². The molecule has 1 atom stereocenters. The van der Waals surface area contributed by atoms with Crippen LogP contribution in [0.5, 0.6) is 0 Å². The number of amides is 3. The van der Waals surface area contributed by atoms with Crippen molar-refractivity contribution in [1.29, 1.82) is 0 Å². The van der Waals surface area contributed by atoms with Gasteiger partial charge in [-0.15, -0.1) is 0 Å². The monoisotopic (exact) mass is 339 g/mol. The van der Waals surface area contributed by atoms with Crippen LogP contribution in [0, 0.1) is 6.92 Å². The number of rotatable bonds is 7. The highest BCUT2D eigenvalue weighted by atomic mass is 16.5. The lowest BCUT2D eigenvalue weighted by Gasteiger charge is -2.23. The van der Waals surface area contributed by atoms with Gasteiger partial charge in [0.25, 0.3) is 5.91 Å². The summed E-state index contributed by atoms with van der Waals surface area (Å²) in [5, 5.41) is 11.4. The van der Waals surface area contributed by atoms with Crippen molar-refractivity contribution in [1.82, 2.24) is 21.1 Å². The summed E-state index contributed by atoms with van der Waals surface area (Å²) in [6.07, 6.45) is -0.198. The number of nitrogens with zero attached hydrogens (tertiary/aromatic N) is 1. The van der Waals surface area contributed by atoms with Crippen molar-refractivity contribution in [3.8, 4) is 0 Å². The summed E-state index contributed by atoms with van der Waals surface area (Å²) < 4.78 is 4.83. The van der Waals surface area contributed by atoms with Crippen LogP contribution in [0.25, 0.3) is 0 Å². The Hall–Kier alpha value is -2.42. The Balaban J connectivity index is 2.78. The normalized spacial score (nSPS) is 12.4. The SMILES string of the molecule is Cc1cc(C(=O)N[C@@H](CC(=O)NC(C)(C)C)C(=O)NCCN)no1. The summed E-state index contributed by atoms with van der Waals surface area (Å²) in [6.45, 7) is 7.62. The van der Waals surface area contributed by atoms with E-state index in [2.05, 4.69) is 21.1 Å². The highest BCUT2D eigenvalue weighted by molar-refractivity contribution is 5.97.